The molecule has 0 unspecified atom stereocenters. The van der Waals surface area contributed by atoms with Gasteiger partial charge in [0.05, 0.1) is 22.6 Å². The molecule has 2 aromatic carbocycles. The highest BCUT2D eigenvalue weighted by Crippen LogP contribution is 2.35. The maximum absolute atomic E-state index is 10.8. The van der Waals surface area contributed by atoms with Crippen LogP contribution in [0.25, 0.3) is 6.08 Å². The van der Waals surface area contributed by atoms with Crippen LogP contribution in [-0.2, 0) is 0 Å². The van der Waals surface area contributed by atoms with E-state index >= 15 is 0 Å². The second-order valence-corrected chi connectivity index (χ2v) is 6.19. The molecule has 6 heteroatoms. The van der Waals surface area contributed by atoms with Crippen molar-refractivity contribution in [1.29, 1.82) is 0 Å². The predicted octanol–water partition coefficient (Wildman–Crippen LogP) is 5.21. The minimum atomic E-state index is -0.403. The molecule has 1 aliphatic rings. The minimum Gasteiger partial charge on any atom is -0.467 e. The summed E-state index contributed by atoms with van der Waals surface area (Å²) in [5.74, 6) is 0.862. The molecule has 27 heavy (non-hydrogen) atoms. The number of non-ortho nitro benzene ring substituents is 1. The standard InChI is InChI=1S/C21H17N3O3/c25-24(26)19-12-9-16(10-13-19)8-11-17-15-20(21-7-4-14-27-21)23(22-17)18-5-2-1-3-6-18/h1-14,20H,15H2/b11-8-/t20-/m1/s1. The van der Waals surface area contributed by atoms with Gasteiger partial charge in [0, 0.05) is 18.6 Å². The summed E-state index contributed by atoms with van der Waals surface area (Å²) in [4.78, 5) is 10.4. The summed E-state index contributed by atoms with van der Waals surface area (Å²) in [5, 5.41) is 17.5. The molecular weight excluding hydrogens is 342 g/mol. The molecule has 0 amide bonds. The highest BCUT2D eigenvalue weighted by Gasteiger charge is 2.30. The number of hydrogen-bond donors (Lipinski definition) is 0. The number of hydrazone groups is 1. The van der Waals surface area contributed by atoms with Gasteiger partial charge in [-0.1, -0.05) is 24.3 Å². The summed E-state index contributed by atoms with van der Waals surface area (Å²) < 4.78 is 5.61. The van der Waals surface area contributed by atoms with Gasteiger partial charge in [0.2, 0.25) is 0 Å². The van der Waals surface area contributed by atoms with E-state index in [1.54, 1.807) is 18.4 Å². The fourth-order valence-corrected chi connectivity index (χ4v) is 3.05. The van der Waals surface area contributed by atoms with E-state index in [0.29, 0.717) is 6.42 Å². The molecule has 1 aliphatic heterocycles. The normalized spacial score (nSPS) is 16.7. The number of benzene rings is 2. The summed E-state index contributed by atoms with van der Waals surface area (Å²) in [6.07, 6.45) is 6.24. The molecule has 0 aliphatic carbocycles. The van der Waals surface area contributed by atoms with Crippen LogP contribution in [0, 0.1) is 10.1 Å². The van der Waals surface area contributed by atoms with Crippen molar-refractivity contribution < 1.29 is 9.34 Å². The molecule has 6 nitrogen and oxygen atoms in total. The minimum absolute atomic E-state index is 0.00101. The Morgan fingerprint density at radius 2 is 1.81 bits per heavy atom. The lowest BCUT2D eigenvalue weighted by Gasteiger charge is -2.21. The van der Waals surface area contributed by atoms with Crippen LogP contribution in [-0.4, -0.2) is 10.6 Å². The van der Waals surface area contributed by atoms with E-state index in [4.69, 9.17) is 9.52 Å². The van der Waals surface area contributed by atoms with Crippen LogP contribution in [0.15, 0.2) is 88.6 Å². The van der Waals surface area contributed by atoms with E-state index < -0.39 is 4.92 Å². The second-order valence-electron chi connectivity index (χ2n) is 6.19. The highest BCUT2D eigenvalue weighted by atomic mass is 16.6. The number of anilines is 1. The molecule has 0 saturated carbocycles. The molecule has 2 heterocycles. The molecule has 134 valence electrons. The quantitative estimate of drug-likeness (QED) is 0.463. The van der Waals surface area contributed by atoms with Crippen molar-refractivity contribution in [3.05, 3.63) is 101 Å². The zero-order chi connectivity index (χ0) is 18.6. The van der Waals surface area contributed by atoms with Gasteiger partial charge < -0.3 is 4.42 Å². The second kappa shape index (κ2) is 7.29. The van der Waals surface area contributed by atoms with Gasteiger partial charge in [-0.05, 0) is 48.0 Å². The number of nitro benzene ring substituents is 1. The lowest BCUT2D eigenvalue weighted by Crippen LogP contribution is -2.17. The molecular formula is C21H17N3O3. The summed E-state index contributed by atoms with van der Waals surface area (Å²) in [6, 6.07) is 20.2. The van der Waals surface area contributed by atoms with E-state index in [1.807, 2.05) is 59.6 Å². The fraction of sp³-hybridized carbons (Fsp3) is 0.0952. The first-order valence-corrected chi connectivity index (χ1v) is 8.58. The Kier molecular flexibility index (Phi) is 4.53. The largest absolute Gasteiger partial charge is 0.467 e. The summed E-state index contributed by atoms with van der Waals surface area (Å²) in [5.41, 5.74) is 2.88. The number of hydrogen-bond acceptors (Lipinski definition) is 5. The number of allylic oxidation sites excluding steroid dienone is 1. The summed E-state index contributed by atoms with van der Waals surface area (Å²) in [7, 11) is 0. The van der Waals surface area contributed by atoms with Gasteiger partial charge in [-0.3, -0.25) is 15.1 Å². The maximum atomic E-state index is 10.8. The Labute approximate surface area is 156 Å². The van der Waals surface area contributed by atoms with Crippen LogP contribution in [0.5, 0.6) is 0 Å². The van der Waals surface area contributed by atoms with E-state index in [1.165, 1.54) is 12.1 Å². The first-order chi connectivity index (χ1) is 13.2. The first-order valence-electron chi connectivity index (χ1n) is 8.58. The summed E-state index contributed by atoms with van der Waals surface area (Å²) in [6.45, 7) is 0. The van der Waals surface area contributed by atoms with Crippen molar-refractivity contribution in [2.75, 3.05) is 5.01 Å². The molecule has 4 rings (SSSR count). The highest BCUT2D eigenvalue weighted by molar-refractivity contribution is 6.01. The molecule has 0 bridgehead atoms. The topological polar surface area (TPSA) is 71.9 Å². The third kappa shape index (κ3) is 3.64. The number of rotatable bonds is 5. The Hall–Kier alpha value is -3.67. The van der Waals surface area contributed by atoms with Crippen molar-refractivity contribution in [1.82, 2.24) is 0 Å². The van der Waals surface area contributed by atoms with Crippen LogP contribution in [0.4, 0.5) is 11.4 Å². The van der Waals surface area contributed by atoms with Crippen LogP contribution < -0.4 is 5.01 Å². The predicted molar refractivity (Wildman–Crippen MR) is 105 cm³/mol. The number of para-hydroxylation sites is 1. The Bertz CT molecular complexity index is 977. The lowest BCUT2D eigenvalue weighted by atomic mass is 10.1. The van der Waals surface area contributed by atoms with Crippen molar-refractivity contribution in [2.45, 2.75) is 12.5 Å². The third-order valence-corrected chi connectivity index (χ3v) is 4.40. The Morgan fingerprint density at radius 3 is 2.48 bits per heavy atom. The average molecular weight is 359 g/mol. The fourth-order valence-electron chi connectivity index (χ4n) is 3.05. The van der Waals surface area contributed by atoms with Crippen LogP contribution in [0.3, 0.4) is 0 Å². The Balaban J connectivity index is 1.58. The first kappa shape index (κ1) is 16.8. The molecule has 0 radical (unpaired) electrons. The van der Waals surface area contributed by atoms with Crippen molar-refractivity contribution >= 4 is 23.2 Å². The maximum Gasteiger partial charge on any atom is 0.269 e. The molecule has 0 saturated heterocycles. The average Bonchev–Trinajstić information content (AvgIpc) is 3.37. The zero-order valence-corrected chi connectivity index (χ0v) is 14.4. The molecule has 0 N–H and O–H groups in total. The van der Waals surface area contributed by atoms with Crippen LogP contribution in [0.1, 0.15) is 23.8 Å². The lowest BCUT2D eigenvalue weighted by molar-refractivity contribution is -0.384. The third-order valence-electron chi connectivity index (χ3n) is 4.40. The van der Waals surface area contributed by atoms with E-state index in [9.17, 15) is 10.1 Å². The van der Waals surface area contributed by atoms with Gasteiger partial charge in [0.25, 0.3) is 5.69 Å². The number of nitrogens with zero attached hydrogens (tertiary/aromatic N) is 3. The zero-order valence-electron chi connectivity index (χ0n) is 14.4. The van der Waals surface area contributed by atoms with Gasteiger partial charge in [-0.25, -0.2) is 0 Å². The van der Waals surface area contributed by atoms with Crippen LogP contribution in [0.2, 0.25) is 0 Å². The monoisotopic (exact) mass is 359 g/mol. The van der Waals surface area contributed by atoms with Gasteiger partial charge in [-0.15, -0.1) is 0 Å². The van der Waals surface area contributed by atoms with Crippen molar-refractivity contribution in [2.24, 2.45) is 5.10 Å². The molecule has 0 fully saturated rings. The van der Waals surface area contributed by atoms with Gasteiger partial charge in [-0.2, -0.15) is 5.10 Å². The number of nitro groups is 1. The van der Waals surface area contributed by atoms with Crippen molar-refractivity contribution in [3.8, 4) is 0 Å². The molecule has 1 atom stereocenters. The number of furan rings is 1. The van der Waals surface area contributed by atoms with E-state index in [-0.39, 0.29) is 11.7 Å². The molecule has 1 aromatic heterocycles. The summed E-state index contributed by atoms with van der Waals surface area (Å²) >= 11 is 0. The van der Waals surface area contributed by atoms with Gasteiger partial charge in [0.1, 0.15) is 11.8 Å². The van der Waals surface area contributed by atoms with Crippen LogP contribution >= 0.6 is 0 Å². The molecule has 0 spiro atoms. The molecule has 3 aromatic rings. The SMILES string of the molecule is O=[N+]([O-])c1ccc(/C=C\C2=NN(c3ccccc3)[C@@H](c3ccco3)C2)cc1. The smallest absolute Gasteiger partial charge is 0.269 e. The van der Waals surface area contributed by atoms with Gasteiger partial charge >= 0.3 is 0 Å². The van der Waals surface area contributed by atoms with E-state index in [2.05, 4.69) is 0 Å². The van der Waals surface area contributed by atoms with Gasteiger partial charge in [0.15, 0.2) is 0 Å². The Morgan fingerprint density at radius 1 is 1.04 bits per heavy atom. The van der Waals surface area contributed by atoms with Crippen molar-refractivity contribution in [3.63, 3.8) is 0 Å². The van der Waals surface area contributed by atoms with E-state index in [0.717, 1.165) is 22.7 Å².